The van der Waals surface area contributed by atoms with Gasteiger partial charge in [0.1, 0.15) is 0 Å². The molecule has 2 saturated heterocycles. The highest BCUT2D eigenvalue weighted by Gasteiger charge is 2.43. The second-order valence-electron chi connectivity index (χ2n) is 9.05. The van der Waals surface area contributed by atoms with E-state index in [0.717, 1.165) is 32.8 Å². The van der Waals surface area contributed by atoms with Crippen LogP contribution in [0.15, 0.2) is 0 Å². The molecule has 2 fully saturated rings. The summed E-state index contributed by atoms with van der Waals surface area (Å²) < 4.78 is 12.2. The van der Waals surface area contributed by atoms with Crippen LogP contribution in [0.5, 0.6) is 0 Å². The van der Waals surface area contributed by atoms with Gasteiger partial charge >= 0.3 is 0 Å². The third-order valence-corrected chi connectivity index (χ3v) is 6.56. The summed E-state index contributed by atoms with van der Waals surface area (Å²) in [6, 6.07) is 1.09. The van der Waals surface area contributed by atoms with Gasteiger partial charge in [0.05, 0.1) is 24.9 Å². The first-order valence-electron chi connectivity index (χ1n) is 9.88. The Morgan fingerprint density at radius 1 is 0.917 bits per heavy atom. The predicted molar refractivity (Wildman–Crippen MR) is 100 cm³/mol. The highest BCUT2D eigenvalue weighted by molar-refractivity contribution is 4.95. The molecule has 0 saturated carbocycles. The van der Waals surface area contributed by atoms with E-state index in [9.17, 15) is 0 Å². The van der Waals surface area contributed by atoms with Crippen LogP contribution in [0, 0.1) is 11.3 Å². The standard InChI is InChI=1S/C20H40N2O2/c1-14(2)17(5)22-12-16(4)24-19(13-22)20(7,8)18(6)21-9-10-23-15(3)11-21/h14-19H,9-13H2,1-8H3/t15-,16-,17+,18-,19?/m0/s1. The van der Waals surface area contributed by atoms with Gasteiger partial charge in [-0.05, 0) is 33.6 Å². The van der Waals surface area contributed by atoms with Gasteiger partial charge in [-0.1, -0.05) is 27.7 Å². The summed E-state index contributed by atoms with van der Waals surface area (Å²) in [6.45, 7) is 23.6. The molecule has 4 nitrogen and oxygen atoms in total. The molecule has 5 atom stereocenters. The lowest BCUT2D eigenvalue weighted by Gasteiger charge is -2.51. The lowest BCUT2D eigenvalue weighted by atomic mass is 9.77. The molecule has 0 bridgehead atoms. The number of hydrogen-bond donors (Lipinski definition) is 0. The number of nitrogens with zero attached hydrogens (tertiary/aromatic N) is 2. The van der Waals surface area contributed by atoms with E-state index < -0.39 is 0 Å². The topological polar surface area (TPSA) is 24.9 Å². The Kier molecular flexibility index (Phi) is 6.74. The van der Waals surface area contributed by atoms with Crippen molar-refractivity contribution < 1.29 is 9.47 Å². The Hall–Kier alpha value is -0.160. The van der Waals surface area contributed by atoms with Crippen molar-refractivity contribution >= 4 is 0 Å². The molecule has 0 aromatic heterocycles. The average Bonchev–Trinajstić information content (AvgIpc) is 2.52. The number of rotatable bonds is 5. The highest BCUT2D eigenvalue weighted by atomic mass is 16.5. The SMILES string of the molecule is CC(C)[C@@H](C)N1CC(C(C)(C)[C@H](C)N2CCO[C@@H](C)C2)O[C@@H](C)C1. The maximum Gasteiger partial charge on any atom is 0.0772 e. The molecule has 24 heavy (non-hydrogen) atoms. The zero-order valence-electron chi connectivity index (χ0n) is 17.2. The molecule has 0 aliphatic carbocycles. The second-order valence-corrected chi connectivity index (χ2v) is 9.05. The maximum atomic E-state index is 6.45. The Morgan fingerprint density at radius 2 is 1.54 bits per heavy atom. The minimum atomic E-state index is 0.112. The first-order chi connectivity index (χ1) is 11.1. The Morgan fingerprint density at radius 3 is 2.12 bits per heavy atom. The van der Waals surface area contributed by atoms with Crippen molar-refractivity contribution in [1.82, 2.24) is 9.80 Å². The molecule has 1 unspecified atom stereocenters. The number of ether oxygens (including phenoxy) is 2. The van der Waals surface area contributed by atoms with Gasteiger partial charge in [0, 0.05) is 43.7 Å². The monoisotopic (exact) mass is 340 g/mol. The Labute approximate surface area is 149 Å². The van der Waals surface area contributed by atoms with E-state index in [1.54, 1.807) is 0 Å². The molecule has 0 N–H and O–H groups in total. The normalized spacial score (nSPS) is 33.6. The molecule has 0 aromatic carbocycles. The van der Waals surface area contributed by atoms with Gasteiger partial charge in [-0.25, -0.2) is 0 Å². The predicted octanol–water partition coefficient (Wildman–Crippen LogP) is 3.26. The van der Waals surface area contributed by atoms with Gasteiger partial charge in [-0.15, -0.1) is 0 Å². The van der Waals surface area contributed by atoms with E-state index in [4.69, 9.17) is 9.47 Å². The summed E-state index contributed by atoms with van der Waals surface area (Å²) in [7, 11) is 0. The third-order valence-electron chi connectivity index (χ3n) is 6.56. The Balaban J connectivity index is 2.08. The first-order valence-corrected chi connectivity index (χ1v) is 9.88. The minimum absolute atomic E-state index is 0.112. The van der Waals surface area contributed by atoms with Gasteiger partial charge in [-0.3, -0.25) is 9.80 Å². The van der Waals surface area contributed by atoms with Crippen molar-refractivity contribution in [3.63, 3.8) is 0 Å². The van der Waals surface area contributed by atoms with Crippen LogP contribution in [0.3, 0.4) is 0 Å². The lowest BCUT2D eigenvalue weighted by Crippen LogP contribution is -2.61. The van der Waals surface area contributed by atoms with E-state index in [0.29, 0.717) is 30.2 Å². The second kappa shape index (κ2) is 8.03. The third kappa shape index (κ3) is 4.51. The summed E-state index contributed by atoms with van der Waals surface area (Å²) >= 11 is 0. The van der Waals surface area contributed by atoms with Crippen LogP contribution in [-0.2, 0) is 9.47 Å². The van der Waals surface area contributed by atoms with E-state index in [-0.39, 0.29) is 11.5 Å². The van der Waals surface area contributed by atoms with Crippen LogP contribution in [-0.4, -0.2) is 73.0 Å². The molecule has 0 spiro atoms. The molecule has 0 radical (unpaired) electrons. The molecule has 142 valence electrons. The van der Waals surface area contributed by atoms with Crippen molar-refractivity contribution in [2.45, 2.75) is 85.8 Å². The minimum Gasteiger partial charge on any atom is -0.376 e. The fourth-order valence-corrected chi connectivity index (χ4v) is 4.09. The van der Waals surface area contributed by atoms with Crippen LogP contribution in [0.25, 0.3) is 0 Å². The molecular weight excluding hydrogens is 300 g/mol. The number of hydrogen-bond acceptors (Lipinski definition) is 4. The van der Waals surface area contributed by atoms with E-state index in [1.165, 1.54) is 0 Å². The van der Waals surface area contributed by atoms with Crippen LogP contribution in [0.2, 0.25) is 0 Å². The van der Waals surface area contributed by atoms with Gasteiger partial charge in [0.25, 0.3) is 0 Å². The number of morpholine rings is 2. The van der Waals surface area contributed by atoms with E-state index >= 15 is 0 Å². The summed E-state index contributed by atoms with van der Waals surface area (Å²) in [5, 5.41) is 0. The highest BCUT2D eigenvalue weighted by Crippen LogP contribution is 2.35. The van der Waals surface area contributed by atoms with E-state index in [2.05, 4.69) is 65.2 Å². The van der Waals surface area contributed by atoms with Crippen LogP contribution >= 0.6 is 0 Å². The van der Waals surface area contributed by atoms with Crippen molar-refractivity contribution in [3.05, 3.63) is 0 Å². The van der Waals surface area contributed by atoms with Crippen LogP contribution in [0.4, 0.5) is 0 Å². The maximum absolute atomic E-state index is 6.45. The molecular formula is C20H40N2O2. The first kappa shape index (κ1) is 20.2. The van der Waals surface area contributed by atoms with Crippen LogP contribution < -0.4 is 0 Å². The zero-order valence-corrected chi connectivity index (χ0v) is 17.2. The average molecular weight is 341 g/mol. The van der Waals surface area contributed by atoms with Crippen molar-refractivity contribution in [1.29, 1.82) is 0 Å². The van der Waals surface area contributed by atoms with Gasteiger partial charge in [0.2, 0.25) is 0 Å². The van der Waals surface area contributed by atoms with Crippen molar-refractivity contribution in [3.8, 4) is 0 Å². The summed E-state index contributed by atoms with van der Waals surface area (Å²) in [5.41, 5.74) is 0.112. The summed E-state index contributed by atoms with van der Waals surface area (Å²) in [5.74, 6) is 0.677. The smallest absolute Gasteiger partial charge is 0.0772 e. The van der Waals surface area contributed by atoms with Gasteiger partial charge in [-0.2, -0.15) is 0 Å². The van der Waals surface area contributed by atoms with Gasteiger partial charge in [0.15, 0.2) is 0 Å². The summed E-state index contributed by atoms with van der Waals surface area (Å²) in [6.07, 6.45) is 0.913. The molecule has 0 aromatic rings. The lowest BCUT2D eigenvalue weighted by molar-refractivity contribution is -0.157. The molecule has 4 heteroatoms. The van der Waals surface area contributed by atoms with Crippen LogP contribution in [0.1, 0.15) is 55.4 Å². The molecule has 2 aliphatic rings. The fourth-order valence-electron chi connectivity index (χ4n) is 4.09. The fraction of sp³-hybridized carbons (Fsp3) is 1.00. The quantitative estimate of drug-likeness (QED) is 0.767. The molecule has 2 rings (SSSR count). The van der Waals surface area contributed by atoms with E-state index in [1.807, 2.05) is 0 Å². The molecule has 0 amide bonds. The molecule has 2 aliphatic heterocycles. The Bertz CT molecular complexity index is 399. The molecule has 2 heterocycles. The largest absolute Gasteiger partial charge is 0.376 e. The van der Waals surface area contributed by atoms with Crippen molar-refractivity contribution in [2.75, 3.05) is 32.8 Å². The van der Waals surface area contributed by atoms with Gasteiger partial charge < -0.3 is 9.47 Å². The zero-order chi connectivity index (χ0) is 18.1. The summed E-state index contributed by atoms with van der Waals surface area (Å²) in [4.78, 5) is 5.23. The van der Waals surface area contributed by atoms with Crippen molar-refractivity contribution in [2.24, 2.45) is 11.3 Å².